The Labute approximate surface area is 142 Å². The van der Waals surface area contributed by atoms with Crippen LogP contribution in [0.1, 0.15) is 16.1 Å². The van der Waals surface area contributed by atoms with Gasteiger partial charge in [0, 0.05) is 17.0 Å². The first-order valence-corrected chi connectivity index (χ1v) is 8.17. The highest BCUT2D eigenvalue weighted by molar-refractivity contribution is 9.10. The van der Waals surface area contributed by atoms with Crippen LogP contribution in [0.4, 0.5) is 13.2 Å². The number of halogens is 4. The number of aromatic nitrogens is 1. The van der Waals surface area contributed by atoms with E-state index in [4.69, 9.17) is 5.26 Å². The standard InChI is InChI=1S/C16H8BrF3N2S/c17-10-4-8(1-2-21)3-9(5-10)6-13-22-15-14(20)11(18)7-12(19)16(15)23-13/h3-5,7H,1,6H2. The Morgan fingerprint density at radius 2 is 1.83 bits per heavy atom. The maximum absolute atomic E-state index is 13.7. The van der Waals surface area contributed by atoms with E-state index in [1.54, 1.807) is 0 Å². The van der Waals surface area contributed by atoms with Crippen LogP contribution in [0.2, 0.25) is 0 Å². The van der Waals surface area contributed by atoms with Crippen molar-refractivity contribution in [3.63, 3.8) is 0 Å². The van der Waals surface area contributed by atoms with E-state index in [9.17, 15) is 13.2 Å². The van der Waals surface area contributed by atoms with Crippen LogP contribution in [-0.4, -0.2) is 4.98 Å². The third-order valence-electron chi connectivity index (χ3n) is 3.22. The molecule has 0 spiro atoms. The minimum absolute atomic E-state index is 0.00569. The molecular formula is C16H8BrF3N2S. The predicted octanol–water partition coefficient (Wildman–Crippen LogP) is 5.13. The summed E-state index contributed by atoms with van der Waals surface area (Å²) in [7, 11) is 0. The van der Waals surface area contributed by atoms with E-state index < -0.39 is 17.5 Å². The van der Waals surface area contributed by atoms with Gasteiger partial charge in [-0.1, -0.05) is 22.0 Å². The number of thiazole rings is 1. The lowest BCUT2D eigenvalue weighted by molar-refractivity contribution is 0.504. The van der Waals surface area contributed by atoms with Crippen LogP contribution in [0.25, 0.3) is 10.2 Å². The average molecular weight is 397 g/mol. The topological polar surface area (TPSA) is 36.7 Å². The van der Waals surface area contributed by atoms with Crippen LogP contribution in [-0.2, 0) is 12.8 Å². The second kappa shape index (κ2) is 6.30. The Bertz CT molecular complexity index is 947. The molecule has 23 heavy (non-hydrogen) atoms. The molecule has 7 heteroatoms. The van der Waals surface area contributed by atoms with Crippen LogP contribution < -0.4 is 0 Å². The molecule has 0 aliphatic rings. The number of nitriles is 1. The maximum Gasteiger partial charge on any atom is 0.186 e. The molecule has 0 amide bonds. The molecule has 2 nitrogen and oxygen atoms in total. The van der Waals surface area contributed by atoms with Gasteiger partial charge >= 0.3 is 0 Å². The molecule has 1 aromatic heterocycles. The summed E-state index contributed by atoms with van der Waals surface area (Å²) >= 11 is 4.36. The summed E-state index contributed by atoms with van der Waals surface area (Å²) in [5.74, 6) is -3.20. The van der Waals surface area contributed by atoms with Gasteiger partial charge in [0.2, 0.25) is 0 Å². The Morgan fingerprint density at radius 1 is 1.09 bits per heavy atom. The molecule has 0 bridgehead atoms. The minimum atomic E-state index is -1.24. The fourth-order valence-corrected chi connectivity index (χ4v) is 3.88. The van der Waals surface area contributed by atoms with E-state index in [2.05, 4.69) is 27.0 Å². The number of benzene rings is 2. The maximum atomic E-state index is 13.7. The normalized spacial score (nSPS) is 10.9. The smallest absolute Gasteiger partial charge is 0.186 e. The molecule has 0 fully saturated rings. The highest BCUT2D eigenvalue weighted by Gasteiger charge is 2.17. The lowest BCUT2D eigenvalue weighted by Gasteiger charge is -2.03. The van der Waals surface area contributed by atoms with Crippen molar-refractivity contribution in [2.45, 2.75) is 12.8 Å². The van der Waals surface area contributed by atoms with E-state index in [0.29, 0.717) is 17.5 Å². The summed E-state index contributed by atoms with van der Waals surface area (Å²) in [4.78, 5) is 4.02. The van der Waals surface area contributed by atoms with Crippen molar-refractivity contribution in [3.8, 4) is 6.07 Å². The van der Waals surface area contributed by atoms with Crippen molar-refractivity contribution in [3.05, 3.63) is 62.3 Å². The zero-order valence-electron chi connectivity index (χ0n) is 11.5. The molecule has 0 aliphatic carbocycles. The highest BCUT2D eigenvalue weighted by atomic mass is 79.9. The Kier molecular flexibility index (Phi) is 4.37. The second-order valence-corrected chi connectivity index (χ2v) is 6.92. The van der Waals surface area contributed by atoms with E-state index >= 15 is 0 Å². The van der Waals surface area contributed by atoms with Crippen molar-refractivity contribution >= 4 is 37.5 Å². The minimum Gasteiger partial charge on any atom is -0.238 e. The molecular weight excluding hydrogens is 389 g/mol. The fourth-order valence-electron chi connectivity index (χ4n) is 2.29. The SMILES string of the molecule is N#CCc1cc(Br)cc(Cc2nc3c(F)c(F)cc(F)c3s2)c1. The van der Waals surface area contributed by atoms with Gasteiger partial charge in [-0.2, -0.15) is 5.26 Å². The van der Waals surface area contributed by atoms with Gasteiger partial charge in [-0.3, -0.25) is 0 Å². The third kappa shape index (κ3) is 3.23. The number of hydrogen-bond donors (Lipinski definition) is 0. The summed E-state index contributed by atoms with van der Waals surface area (Å²) < 4.78 is 41.5. The number of fused-ring (bicyclic) bond motifs is 1. The summed E-state index contributed by atoms with van der Waals surface area (Å²) in [6, 6.07) is 8.12. The van der Waals surface area contributed by atoms with E-state index in [1.165, 1.54) is 0 Å². The van der Waals surface area contributed by atoms with Gasteiger partial charge in [0.1, 0.15) is 11.3 Å². The fraction of sp³-hybridized carbons (Fsp3) is 0.125. The monoisotopic (exact) mass is 396 g/mol. The van der Waals surface area contributed by atoms with Crippen LogP contribution in [0.15, 0.2) is 28.7 Å². The zero-order chi connectivity index (χ0) is 16.6. The summed E-state index contributed by atoms with van der Waals surface area (Å²) in [6.45, 7) is 0. The second-order valence-electron chi connectivity index (χ2n) is 4.92. The van der Waals surface area contributed by atoms with E-state index in [0.717, 1.165) is 26.9 Å². The van der Waals surface area contributed by atoms with E-state index in [-0.39, 0.29) is 16.6 Å². The van der Waals surface area contributed by atoms with E-state index in [1.807, 2.05) is 18.2 Å². The summed E-state index contributed by atoms with van der Waals surface area (Å²) in [6.07, 6.45) is 0.610. The van der Waals surface area contributed by atoms with Crippen molar-refractivity contribution < 1.29 is 13.2 Å². The van der Waals surface area contributed by atoms with Gasteiger partial charge in [0.15, 0.2) is 11.6 Å². The van der Waals surface area contributed by atoms with Crippen LogP contribution in [0.3, 0.4) is 0 Å². The molecule has 0 saturated carbocycles. The largest absolute Gasteiger partial charge is 0.238 e. The van der Waals surface area contributed by atoms with Crippen LogP contribution in [0, 0.1) is 28.8 Å². The average Bonchev–Trinajstić information content (AvgIpc) is 2.89. The molecule has 0 aliphatic heterocycles. The van der Waals surface area contributed by atoms with Gasteiger partial charge in [-0.05, 0) is 23.3 Å². The van der Waals surface area contributed by atoms with Crippen LogP contribution >= 0.6 is 27.3 Å². The predicted molar refractivity (Wildman–Crippen MR) is 85.8 cm³/mol. The zero-order valence-corrected chi connectivity index (χ0v) is 13.9. The summed E-state index contributed by atoms with van der Waals surface area (Å²) in [5.41, 5.74) is 1.40. The Balaban J connectivity index is 2.01. The first-order valence-electron chi connectivity index (χ1n) is 6.56. The lowest BCUT2D eigenvalue weighted by atomic mass is 10.1. The van der Waals surface area contributed by atoms with Gasteiger partial charge < -0.3 is 0 Å². The Hall–Kier alpha value is -1.91. The molecule has 0 unspecified atom stereocenters. The first kappa shape index (κ1) is 16.0. The quantitative estimate of drug-likeness (QED) is 0.575. The number of hydrogen-bond acceptors (Lipinski definition) is 3. The van der Waals surface area contributed by atoms with Crippen LogP contribution in [0.5, 0.6) is 0 Å². The highest BCUT2D eigenvalue weighted by Crippen LogP contribution is 2.30. The van der Waals surface area contributed by atoms with Gasteiger partial charge in [0.05, 0.1) is 22.2 Å². The van der Waals surface area contributed by atoms with Crippen molar-refractivity contribution in [1.29, 1.82) is 5.26 Å². The lowest BCUT2D eigenvalue weighted by Crippen LogP contribution is -1.92. The molecule has 0 N–H and O–H groups in total. The summed E-state index contributed by atoms with van der Waals surface area (Å²) in [5, 5.41) is 9.26. The molecule has 0 saturated heterocycles. The van der Waals surface area contributed by atoms with Crippen molar-refractivity contribution in [2.75, 3.05) is 0 Å². The molecule has 3 aromatic rings. The molecule has 1 heterocycles. The van der Waals surface area contributed by atoms with Crippen molar-refractivity contribution in [2.24, 2.45) is 0 Å². The number of rotatable bonds is 3. The molecule has 116 valence electrons. The Morgan fingerprint density at radius 3 is 2.57 bits per heavy atom. The van der Waals surface area contributed by atoms with Gasteiger partial charge in [-0.15, -0.1) is 11.3 Å². The number of nitrogens with zero attached hydrogens (tertiary/aromatic N) is 2. The third-order valence-corrected chi connectivity index (χ3v) is 4.74. The molecule has 3 rings (SSSR count). The molecule has 0 radical (unpaired) electrons. The first-order chi connectivity index (χ1) is 11.0. The molecule has 0 atom stereocenters. The molecule has 2 aromatic carbocycles. The van der Waals surface area contributed by atoms with Gasteiger partial charge in [0.25, 0.3) is 0 Å². The van der Waals surface area contributed by atoms with Crippen molar-refractivity contribution in [1.82, 2.24) is 4.98 Å². The van der Waals surface area contributed by atoms with Gasteiger partial charge in [-0.25, -0.2) is 18.2 Å².